The van der Waals surface area contributed by atoms with E-state index < -0.39 is 0 Å². The summed E-state index contributed by atoms with van der Waals surface area (Å²) in [6, 6.07) is 15.8. The second-order valence-corrected chi connectivity index (χ2v) is 4.55. The van der Waals surface area contributed by atoms with E-state index in [9.17, 15) is 4.39 Å². The summed E-state index contributed by atoms with van der Waals surface area (Å²) in [4.78, 5) is 4.16. The molecule has 0 saturated heterocycles. The molecule has 1 heterocycles. The summed E-state index contributed by atoms with van der Waals surface area (Å²) < 4.78 is 14.9. The van der Waals surface area contributed by atoms with Crippen LogP contribution in [0.5, 0.6) is 0 Å². The van der Waals surface area contributed by atoms with Crippen LogP contribution in [0.2, 0.25) is 0 Å². The molecule has 0 aliphatic heterocycles. The minimum atomic E-state index is -0.274. The highest BCUT2D eigenvalue weighted by Gasteiger charge is 2.14. The molecule has 3 nitrogen and oxygen atoms in total. The first-order valence-electron chi connectivity index (χ1n) is 6.34. The number of nitrogens with zero attached hydrogens (tertiary/aromatic N) is 2. The van der Waals surface area contributed by atoms with E-state index >= 15 is 0 Å². The topological polar surface area (TPSA) is 43.8 Å². The van der Waals surface area contributed by atoms with Crippen molar-refractivity contribution in [3.63, 3.8) is 0 Å². The van der Waals surface area contributed by atoms with Crippen LogP contribution in [-0.2, 0) is 0 Å². The summed E-state index contributed by atoms with van der Waals surface area (Å²) in [5, 5.41) is 0. The molecule has 2 aromatic carbocycles. The van der Waals surface area contributed by atoms with Crippen molar-refractivity contribution in [2.24, 2.45) is 5.73 Å². The Labute approximate surface area is 116 Å². The SMILES string of the molecule is NC(c1ccccc1)c1cncn1-c1ccc(F)cc1. The lowest BCUT2D eigenvalue weighted by Gasteiger charge is -2.15. The fourth-order valence-electron chi connectivity index (χ4n) is 2.18. The number of hydrogen-bond acceptors (Lipinski definition) is 2. The fraction of sp³-hybridized carbons (Fsp3) is 0.0625. The highest BCUT2D eigenvalue weighted by molar-refractivity contribution is 5.37. The first-order valence-corrected chi connectivity index (χ1v) is 6.34. The number of aromatic nitrogens is 2. The summed E-state index contributed by atoms with van der Waals surface area (Å²) >= 11 is 0. The third-order valence-electron chi connectivity index (χ3n) is 3.25. The molecule has 0 radical (unpaired) electrons. The van der Waals surface area contributed by atoms with Crippen molar-refractivity contribution >= 4 is 0 Å². The van der Waals surface area contributed by atoms with Crippen LogP contribution in [0.4, 0.5) is 4.39 Å². The van der Waals surface area contributed by atoms with Crippen molar-refractivity contribution in [3.05, 3.63) is 84.2 Å². The van der Waals surface area contributed by atoms with Gasteiger partial charge in [0, 0.05) is 5.69 Å². The molecule has 100 valence electrons. The van der Waals surface area contributed by atoms with Crippen molar-refractivity contribution < 1.29 is 4.39 Å². The number of rotatable bonds is 3. The van der Waals surface area contributed by atoms with Crippen molar-refractivity contribution in [2.45, 2.75) is 6.04 Å². The summed E-state index contributed by atoms with van der Waals surface area (Å²) in [6.45, 7) is 0. The van der Waals surface area contributed by atoms with E-state index in [4.69, 9.17) is 5.73 Å². The lowest BCUT2D eigenvalue weighted by atomic mass is 10.1. The second-order valence-electron chi connectivity index (χ2n) is 4.55. The fourth-order valence-corrected chi connectivity index (χ4v) is 2.18. The maximum Gasteiger partial charge on any atom is 0.123 e. The van der Waals surface area contributed by atoms with Crippen LogP contribution in [0, 0.1) is 5.82 Å². The van der Waals surface area contributed by atoms with Gasteiger partial charge in [0.15, 0.2) is 0 Å². The Morgan fingerprint density at radius 1 is 1.00 bits per heavy atom. The van der Waals surface area contributed by atoms with Crippen LogP contribution in [0.1, 0.15) is 17.3 Å². The molecule has 0 saturated carbocycles. The standard InChI is InChI=1S/C16H14FN3/c17-13-6-8-14(9-7-13)20-11-19-10-15(20)16(18)12-4-2-1-3-5-12/h1-11,16H,18H2. The first-order chi connectivity index (χ1) is 9.75. The third kappa shape index (κ3) is 2.33. The van der Waals surface area contributed by atoms with Gasteiger partial charge in [-0.1, -0.05) is 30.3 Å². The molecule has 0 aliphatic rings. The molecule has 3 aromatic rings. The summed E-state index contributed by atoms with van der Waals surface area (Å²) in [7, 11) is 0. The van der Waals surface area contributed by atoms with Crippen LogP contribution in [0.3, 0.4) is 0 Å². The lowest BCUT2D eigenvalue weighted by Crippen LogP contribution is -2.15. The average molecular weight is 267 g/mol. The normalized spacial score (nSPS) is 12.3. The zero-order chi connectivity index (χ0) is 13.9. The number of benzene rings is 2. The van der Waals surface area contributed by atoms with Gasteiger partial charge < -0.3 is 10.3 Å². The van der Waals surface area contributed by atoms with Crippen LogP contribution < -0.4 is 5.73 Å². The zero-order valence-electron chi connectivity index (χ0n) is 10.8. The molecule has 0 spiro atoms. The Morgan fingerprint density at radius 2 is 1.70 bits per heavy atom. The van der Waals surface area contributed by atoms with E-state index in [1.165, 1.54) is 12.1 Å². The number of nitrogens with two attached hydrogens (primary N) is 1. The number of hydrogen-bond donors (Lipinski definition) is 1. The monoisotopic (exact) mass is 267 g/mol. The molecule has 0 amide bonds. The van der Waals surface area contributed by atoms with E-state index in [1.54, 1.807) is 24.7 Å². The van der Waals surface area contributed by atoms with E-state index in [1.807, 2.05) is 34.9 Å². The average Bonchev–Trinajstić information content (AvgIpc) is 2.97. The molecule has 1 unspecified atom stereocenters. The molecule has 0 aliphatic carbocycles. The van der Waals surface area contributed by atoms with Gasteiger partial charge in [-0.25, -0.2) is 9.37 Å². The molecule has 3 rings (SSSR count). The first kappa shape index (κ1) is 12.6. The molecular formula is C16H14FN3. The maximum absolute atomic E-state index is 13.0. The zero-order valence-corrected chi connectivity index (χ0v) is 10.8. The lowest BCUT2D eigenvalue weighted by molar-refractivity contribution is 0.627. The predicted molar refractivity (Wildman–Crippen MR) is 76.0 cm³/mol. The van der Waals surface area contributed by atoms with Gasteiger partial charge in [-0.3, -0.25) is 0 Å². The van der Waals surface area contributed by atoms with Crippen LogP contribution in [-0.4, -0.2) is 9.55 Å². The van der Waals surface area contributed by atoms with Gasteiger partial charge in [0.05, 0.1) is 24.3 Å². The molecule has 20 heavy (non-hydrogen) atoms. The molecule has 1 atom stereocenters. The highest BCUT2D eigenvalue weighted by Crippen LogP contribution is 2.22. The van der Waals surface area contributed by atoms with Gasteiger partial charge >= 0.3 is 0 Å². The van der Waals surface area contributed by atoms with Crippen molar-refractivity contribution in [3.8, 4) is 5.69 Å². The molecule has 1 aromatic heterocycles. The molecule has 2 N–H and O–H groups in total. The van der Waals surface area contributed by atoms with Crippen LogP contribution >= 0.6 is 0 Å². The largest absolute Gasteiger partial charge is 0.319 e. The minimum Gasteiger partial charge on any atom is -0.319 e. The van der Waals surface area contributed by atoms with Gasteiger partial charge in [0.1, 0.15) is 5.82 Å². The van der Waals surface area contributed by atoms with Gasteiger partial charge in [0.25, 0.3) is 0 Å². The number of imidazole rings is 1. The van der Waals surface area contributed by atoms with Crippen molar-refractivity contribution in [1.82, 2.24) is 9.55 Å². The van der Waals surface area contributed by atoms with Crippen molar-refractivity contribution in [2.75, 3.05) is 0 Å². The number of halogens is 1. The molecule has 4 heteroatoms. The van der Waals surface area contributed by atoms with Crippen LogP contribution in [0.25, 0.3) is 5.69 Å². The molecular weight excluding hydrogens is 253 g/mol. The minimum absolute atomic E-state index is 0.261. The molecule has 0 bridgehead atoms. The van der Waals surface area contributed by atoms with E-state index in [0.29, 0.717) is 0 Å². The highest BCUT2D eigenvalue weighted by atomic mass is 19.1. The third-order valence-corrected chi connectivity index (χ3v) is 3.25. The summed E-state index contributed by atoms with van der Waals surface area (Å²) in [6.07, 6.45) is 3.42. The predicted octanol–water partition coefficient (Wildman–Crippen LogP) is 3.06. The second kappa shape index (κ2) is 5.27. The van der Waals surface area contributed by atoms with E-state index in [-0.39, 0.29) is 11.9 Å². The Bertz CT molecular complexity index is 689. The Balaban J connectivity index is 2.00. The summed E-state index contributed by atoms with van der Waals surface area (Å²) in [5.74, 6) is -0.261. The van der Waals surface area contributed by atoms with Gasteiger partial charge in [-0.2, -0.15) is 0 Å². The molecule has 0 fully saturated rings. The van der Waals surface area contributed by atoms with Gasteiger partial charge in [-0.15, -0.1) is 0 Å². The Hall–Kier alpha value is -2.46. The quantitative estimate of drug-likeness (QED) is 0.792. The van der Waals surface area contributed by atoms with E-state index in [2.05, 4.69) is 4.98 Å². The van der Waals surface area contributed by atoms with Gasteiger partial charge in [0.2, 0.25) is 0 Å². The maximum atomic E-state index is 13.0. The Morgan fingerprint density at radius 3 is 2.40 bits per heavy atom. The smallest absolute Gasteiger partial charge is 0.123 e. The van der Waals surface area contributed by atoms with Crippen LogP contribution in [0.15, 0.2) is 67.1 Å². The van der Waals surface area contributed by atoms with E-state index in [0.717, 1.165) is 16.9 Å². The van der Waals surface area contributed by atoms with Gasteiger partial charge in [-0.05, 0) is 29.8 Å². The summed E-state index contributed by atoms with van der Waals surface area (Å²) in [5.41, 5.74) is 9.01. The van der Waals surface area contributed by atoms with Crippen molar-refractivity contribution in [1.29, 1.82) is 0 Å². The Kier molecular flexibility index (Phi) is 3.31.